The summed E-state index contributed by atoms with van der Waals surface area (Å²) in [4.78, 5) is 23.3. The summed E-state index contributed by atoms with van der Waals surface area (Å²) in [6.07, 6.45) is -0.757. The summed E-state index contributed by atoms with van der Waals surface area (Å²) >= 11 is 0. The van der Waals surface area contributed by atoms with E-state index in [9.17, 15) is 14.0 Å². The van der Waals surface area contributed by atoms with Crippen LogP contribution in [0.1, 0.15) is 24.2 Å². The van der Waals surface area contributed by atoms with Crippen LogP contribution in [0.4, 0.5) is 10.1 Å². The third-order valence-corrected chi connectivity index (χ3v) is 3.03. The maximum Gasteiger partial charge on any atom is 0.265 e. The number of carbonyl (C=O) groups is 2. The molecular weight excluding hydrogens is 285 g/mol. The van der Waals surface area contributed by atoms with Crippen molar-refractivity contribution in [2.24, 2.45) is 0 Å². The van der Waals surface area contributed by atoms with E-state index in [2.05, 4.69) is 5.32 Å². The van der Waals surface area contributed by atoms with Crippen LogP contribution in [0.2, 0.25) is 0 Å². The number of ether oxygens (including phenoxy) is 1. The molecule has 0 aromatic heterocycles. The zero-order chi connectivity index (χ0) is 16.1. The highest BCUT2D eigenvalue weighted by Gasteiger charge is 2.15. The number of carbonyl (C=O) groups excluding carboxylic acids is 2. The summed E-state index contributed by atoms with van der Waals surface area (Å²) in [5.74, 6) is -0.369. The number of halogens is 1. The lowest BCUT2D eigenvalue weighted by Gasteiger charge is -2.15. The Kier molecular flexibility index (Phi) is 4.88. The summed E-state index contributed by atoms with van der Waals surface area (Å²) in [5.41, 5.74) is 1.00. The predicted octanol–water partition coefficient (Wildman–Crippen LogP) is 3.43. The molecule has 1 unspecified atom stereocenters. The van der Waals surface area contributed by atoms with Gasteiger partial charge in [0, 0.05) is 11.3 Å². The van der Waals surface area contributed by atoms with Crippen molar-refractivity contribution in [3.05, 3.63) is 59.9 Å². The van der Waals surface area contributed by atoms with Gasteiger partial charge in [-0.2, -0.15) is 0 Å². The molecule has 0 radical (unpaired) electrons. The van der Waals surface area contributed by atoms with E-state index in [1.165, 1.54) is 31.2 Å². The highest BCUT2D eigenvalue weighted by atomic mass is 19.1. The standard InChI is InChI=1S/C17H16FNO3/c1-11(20)13-4-3-5-16(10-13)22-12(2)17(21)19-15-8-6-14(18)7-9-15/h3-10,12H,1-2H3,(H,19,21). The van der Waals surface area contributed by atoms with Gasteiger partial charge in [-0.3, -0.25) is 9.59 Å². The van der Waals surface area contributed by atoms with Gasteiger partial charge in [0.2, 0.25) is 0 Å². The normalized spacial score (nSPS) is 11.6. The second-order valence-electron chi connectivity index (χ2n) is 4.84. The fourth-order valence-corrected chi connectivity index (χ4v) is 1.82. The Bertz CT molecular complexity index is 683. The van der Waals surface area contributed by atoms with Crippen molar-refractivity contribution < 1.29 is 18.7 Å². The summed E-state index contributed by atoms with van der Waals surface area (Å²) in [7, 11) is 0. The molecule has 0 aliphatic heterocycles. The van der Waals surface area contributed by atoms with Gasteiger partial charge in [-0.1, -0.05) is 12.1 Å². The van der Waals surface area contributed by atoms with Crippen molar-refractivity contribution in [1.29, 1.82) is 0 Å². The molecule has 5 heteroatoms. The molecule has 4 nitrogen and oxygen atoms in total. The van der Waals surface area contributed by atoms with E-state index in [0.717, 1.165) is 0 Å². The van der Waals surface area contributed by atoms with Crippen LogP contribution >= 0.6 is 0 Å². The average molecular weight is 301 g/mol. The molecule has 0 heterocycles. The number of ketones is 1. The lowest BCUT2D eigenvalue weighted by atomic mass is 10.1. The van der Waals surface area contributed by atoms with Crippen LogP contribution < -0.4 is 10.1 Å². The molecular formula is C17H16FNO3. The van der Waals surface area contributed by atoms with Crippen molar-refractivity contribution in [3.63, 3.8) is 0 Å². The Morgan fingerprint density at radius 1 is 1.14 bits per heavy atom. The van der Waals surface area contributed by atoms with Crippen molar-refractivity contribution in [1.82, 2.24) is 0 Å². The van der Waals surface area contributed by atoms with Gasteiger partial charge in [0.15, 0.2) is 11.9 Å². The lowest BCUT2D eigenvalue weighted by molar-refractivity contribution is -0.122. The Labute approximate surface area is 127 Å². The molecule has 0 aliphatic carbocycles. The van der Waals surface area contributed by atoms with Gasteiger partial charge >= 0.3 is 0 Å². The predicted molar refractivity (Wildman–Crippen MR) is 81.6 cm³/mol. The largest absolute Gasteiger partial charge is 0.481 e. The van der Waals surface area contributed by atoms with Crippen molar-refractivity contribution in [2.75, 3.05) is 5.32 Å². The van der Waals surface area contributed by atoms with Crippen LogP contribution in [0.5, 0.6) is 5.75 Å². The van der Waals surface area contributed by atoms with E-state index >= 15 is 0 Å². The number of benzene rings is 2. The Morgan fingerprint density at radius 3 is 2.45 bits per heavy atom. The molecule has 22 heavy (non-hydrogen) atoms. The quantitative estimate of drug-likeness (QED) is 0.861. The Morgan fingerprint density at radius 2 is 1.82 bits per heavy atom. The first-order valence-corrected chi connectivity index (χ1v) is 6.80. The first-order chi connectivity index (χ1) is 10.5. The zero-order valence-corrected chi connectivity index (χ0v) is 12.3. The fourth-order valence-electron chi connectivity index (χ4n) is 1.82. The van der Waals surface area contributed by atoms with Crippen LogP contribution in [0.15, 0.2) is 48.5 Å². The van der Waals surface area contributed by atoms with Crippen molar-refractivity contribution in [3.8, 4) is 5.75 Å². The Balaban J connectivity index is 2.00. The van der Waals surface area contributed by atoms with Gasteiger partial charge < -0.3 is 10.1 Å². The zero-order valence-electron chi connectivity index (χ0n) is 12.3. The third-order valence-electron chi connectivity index (χ3n) is 3.03. The highest BCUT2D eigenvalue weighted by Crippen LogP contribution is 2.16. The molecule has 1 N–H and O–H groups in total. The van der Waals surface area contributed by atoms with E-state index in [-0.39, 0.29) is 17.5 Å². The first kappa shape index (κ1) is 15.7. The van der Waals surface area contributed by atoms with Gasteiger partial charge in [0.25, 0.3) is 5.91 Å². The van der Waals surface area contributed by atoms with Crippen LogP contribution in [0, 0.1) is 5.82 Å². The van der Waals surface area contributed by atoms with Gasteiger partial charge in [0.1, 0.15) is 11.6 Å². The molecule has 0 saturated heterocycles. The van der Waals surface area contributed by atoms with E-state index in [4.69, 9.17) is 4.74 Å². The summed E-state index contributed by atoms with van der Waals surface area (Å²) < 4.78 is 18.3. The molecule has 0 saturated carbocycles. The molecule has 2 rings (SSSR count). The Hall–Kier alpha value is -2.69. The molecule has 1 atom stereocenters. The van der Waals surface area contributed by atoms with E-state index < -0.39 is 6.10 Å². The molecule has 0 spiro atoms. The minimum atomic E-state index is -0.757. The first-order valence-electron chi connectivity index (χ1n) is 6.80. The fraction of sp³-hybridized carbons (Fsp3) is 0.176. The molecule has 0 aliphatic rings. The number of hydrogen-bond acceptors (Lipinski definition) is 3. The van der Waals surface area contributed by atoms with Crippen molar-refractivity contribution in [2.45, 2.75) is 20.0 Å². The van der Waals surface area contributed by atoms with Gasteiger partial charge in [-0.05, 0) is 50.2 Å². The maximum atomic E-state index is 12.8. The van der Waals surface area contributed by atoms with E-state index in [1.807, 2.05) is 0 Å². The monoisotopic (exact) mass is 301 g/mol. The minimum absolute atomic E-state index is 0.0751. The van der Waals surface area contributed by atoms with E-state index in [0.29, 0.717) is 17.0 Å². The van der Waals surface area contributed by atoms with Crippen LogP contribution in [-0.4, -0.2) is 17.8 Å². The maximum absolute atomic E-state index is 12.8. The minimum Gasteiger partial charge on any atom is -0.481 e. The van der Waals surface area contributed by atoms with E-state index in [1.54, 1.807) is 31.2 Å². The van der Waals surface area contributed by atoms with Gasteiger partial charge in [0.05, 0.1) is 0 Å². The summed E-state index contributed by atoms with van der Waals surface area (Å²) in [6.45, 7) is 3.06. The number of rotatable bonds is 5. The molecule has 114 valence electrons. The number of amides is 1. The molecule has 2 aromatic carbocycles. The third kappa shape index (κ3) is 4.15. The van der Waals surface area contributed by atoms with Crippen molar-refractivity contribution >= 4 is 17.4 Å². The number of Topliss-reactive ketones (excluding diaryl/α,β-unsaturated/α-hetero) is 1. The average Bonchev–Trinajstić information content (AvgIpc) is 2.49. The molecule has 0 fully saturated rings. The number of hydrogen-bond donors (Lipinski definition) is 1. The number of nitrogens with one attached hydrogen (secondary N) is 1. The SMILES string of the molecule is CC(=O)c1cccc(OC(C)C(=O)Nc2ccc(F)cc2)c1. The van der Waals surface area contributed by atoms with Gasteiger partial charge in [-0.15, -0.1) is 0 Å². The van der Waals surface area contributed by atoms with Gasteiger partial charge in [-0.25, -0.2) is 4.39 Å². The second kappa shape index (κ2) is 6.85. The van der Waals surface area contributed by atoms with Crippen LogP contribution in [-0.2, 0) is 4.79 Å². The number of anilines is 1. The van der Waals surface area contributed by atoms with Crippen LogP contribution in [0.3, 0.4) is 0 Å². The topological polar surface area (TPSA) is 55.4 Å². The van der Waals surface area contributed by atoms with Crippen LogP contribution in [0.25, 0.3) is 0 Å². The smallest absolute Gasteiger partial charge is 0.265 e. The second-order valence-corrected chi connectivity index (χ2v) is 4.84. The molecule has 0 bridgehead atoms. The molecule has 2 aromatic rings. The summed E-state index contributed by atoms with van der Waals surface area (Å²) in [5, 5.41) is 2.63. The lowest BCUT2D eigenvalue weighted by Crippen LogP contribution is -2.30. The molecule has 1 amide bonds. The summed E-state index contributed by atoms with van der Waals surface area (Å²) in [6, 6.07) is 12.1. The highest BCUT2D eigenvalue weighted by molar-refractivity contribution is 5.95.